The number of hydrogen-bond donors (Lipinski definition) is 1. The summed E-state index contributed by atoms with van der Waals surface area (Å²) < 4.78 is 0. The van der Waals surface area contributed by atoms with Gasteiger partial charge in [-0.2, -0.15) is 0 Å². The Morgan fingerprint density at radius 1 is 1.29 bits per heavy atom. The van der Waals surface area contributed by atoms with Gasteiger partial charge in [0, 0.05) is 42.8 Å². The van der Waals surface area contributed by atoms with E-state index in [0.29, 0.717) is 23.4 Å². The van der Waals surface area contributed by atoms with Gasteiger partial charge in [0.1, 0.15) is 0 Å². The maximum Gasteiger partial charge on any atom is 0.160 e. The topological polar surface area (TPSA) is 74.9 Å². The maximum absolute atomic E-state index is 12.2. The molecule has 0 aliphatic carbocycles. The van der Waals surface area contributed by atoms with E-state index >= 15 is 0 Å². The highest BCUT2D eigenvalue weighted by Crippen LogP contribution is 2.22. The quantitative estimate of drug-likeness (QED) is 0.497. The van der Waals surface area contributed by atoms with Gasteiger partial charge in [0.15, 0.2) is 5.78 Å². The first kappa shape index (κ1) is 22.2. The summed E-state index contributed by atoms with van der Waals surface area (Å²) in [6, 6.07) is 9.98. The monoisotopic (exact) mass is 413 g/mol. The van der Waals surface area contributed by atoms with Gasteiger partial charge in [0.25, 0.3) is 0 Å². The lowest BCUT2D eigenvalue weighted by Crippen LogP contribution is -2.07. The molecule has 0 atom stereocenters. The Kier molecular flexibility index (Phi) is 7.57. The molecule has 1 aromatic heterocycles. The molecule has 1 aromatic carbocycles. The molecule has 0 bridgehead atoms. The van der Waals surface area contributed by atoms with Crippen molar-refractivity contribution < 1.29 is 9.90 Å². The van der Waals surface area contributed by atoms with E-state index in [1.807, 2.05) is 19.1 Å². The molecular weight excluding hydrogens is 386 g/mol. The van der Waals surface area contributed by atoms with Crippen LogP contribution >= 0.6 is 0 Å². The number of aryl methyl sites for hydroxylation is 1. The van der Waals surface area contributed by atoms with Gasteiger partial charge < -0.3 is 5.11 Å². The van der Waals surface area contributed by atoms with Crippen molar-refractivity contribution in [1.29, 1.82) is 0 Å². The average molecular weight is 414 g/mol. The summed E-state index contributed by atoms with van der Waals surface area (Å²) in [6.07, 6.45) is 11.3. The Morgan fingerprint density at radius 3 is 2.74 bits per heavy atom. The third-order valence-corrected chi connectivity index (χ3v) is 5.10. The number of carbonyl (C=O) groups excluding carboxylic acids is 1. The second kappa shape index (κ2) is 10.5. The molecule has 31 heavy (non-hydrogen) atoms. The van der Waals surface area contributed by atoms with Crippen LogP contribution in [0.25, 0.3) is 11.3 Å². The zero-order valence-electron chi connectivity index (χ0n) is 18.0. The molecule has 0 amide bonds. The molecule has 0 saturated carbocycles. The third kappa shape index (κ3) is 5.58. The Labute approximate surface area is 183 Å². The van der Waals surface area contributed by atoms with Gasteiger partial charge in [0.2, 0.25) is 0 Å². The Morgan fingerprint density at radius 2 is 2.06 bits per heavy atom. The molecule has 0 spiro atoms. The summed E-state index contributed by atoms with van der Waals surface area (Å²) in [5, 5.41) is 8.98. The molecule has 2 heterocycles. The lowest BCUT2D eigenvalue weighted by atomic mass is 10.0. The third-order valence-electron chi connectivity index (χ3n) is 5.10. The fourth-order valence-corrected chi connectivity index (χ4v) is 3.37. The normalized spacial score (nSPS) is 13.3. The number of allylic oxidation sites excluding steroid dienone is 3. The first-order valence-corrected chi connectivity index (χ1v) is 10.4. The summed E-state index contributed by atoms with van der Waals surface area (Å²) in [5.74, 6) is -0.0412. The van der Waals surface area contributed by atoms with Crippen molar-refractivity contribution in [1.82, 2.24) is 4.98 Å². The minimum absolute atomic E-state index is 0.0412. The van der Waals surface area contributed by atoms with E-state index in [0.717, 1.165) is 35.2 Å². The highest BCUT2D eigenvalue weighted by molar-refractivity contribution is 6.11. The summed E-state index contributed by atoms with van der Waals surface area (Å²) in [6.45, 7) is 7.77. The molecule has 0 saturated heterocycles. The Bertz CT molecular complexity index is 1090. The molecule has 2 aromatic rings. The second-order valence-corrected chi connectivity index (χ2v) is 7.31. The zero-order chi connectivity index (χ0) is 22.2. The molecule has 1 aliphatic rings. The molecule has 1 aliphatic heterocycles. The van der Waals surface area contributed by atoms with Crippen LogP contribution in [0, 0.1) is 0 Å². The number of pyridine rings is 1. The summed E-state index contributed by atoms with van der Waals surface area (Å²) >= 11 is 0. The minimum Gasteiger partial charge on any atom is -0.396 e. The van der Waals surface area contributed by atoms with Crippen LogP contribution in [0.4, 0.5) is 0 Å². The van der Waals surface area contributed by atoms with Crippen molar-refractivity contribution in [3.8, 4) is 0 Å². The number of aliphatic hydroxyl groups is 1. The summed E-state index contributed by atoms with van der Waals surface area (Å²) in [4.78, 5) is 25.6. The number of carbonyl (C=O) groups is 1. The van der Waals surface area contributed by atoms with E-state index in [1.165, 1.54) is 5.56 Å². The van der Waals surface area contributed by atoms with Crippen LogP contribution in [0.2, 0.25) is 0 Å². The van der Waals surface area contributed by atoms with Crippen molar-refractivity contribution in [3.63, 3.8) is 0 Å². The average Bonchev–Trinajstić information content (AvgIpc) is 3.03. The van der Waals surface area contributed by atoms with E-state index < -0.39 is 0 Å². The second-order valence-electron chi connectivity index (χ2n) is 7.31. The summed E-state index contributed by atoms with van der Waals surface area (Å²) in [5.41, 5.74) is 6.41. The number of nitrogens with zero attached hydrogens (tertiary/aromatic N) is 3. The van der Waals surface area contributed by atoms with Crippen LogP contribution in [-0.4, -0.2) is 34.9 Å². The lowest BCUT2D eigenvalue weighted by Gasteiger charge is -2.10. The number of benzene rings is 1. The van der Waals surface area contributed by atoms with E-state index in [4.69, 9.17) is 5.11 Å². The smallest absolute Gasteiger partial charge is 0.160 e. The number of Topliss-reactive ketones (excluding diaryl/α,β-unsaturated/α-hetero) is 1. The van der Waals surface area contributed by atoms with Crippen molar-refractivity contribution >= 4 is 29.5 Å². The first-order chi connectivity index (χ1) is 15.0. The standard InChI is InChI=1S/C26H27N3O2/c1-4-21(22-11-9-20(10-12-22)7-6-14-30)16-28-18(2)26-15-23(19(3)31)24-17-27-13-5-8-25(24)29-26/h4-5,9-13,15-17,30H,2,6-8,14H2,1,3H3/b21-4+,28-16?. The van der Waals surface area contributed by atoms with Gasteiger partial charge in [-0.15, -0.1) is 0 Å². The van der Waals surface area contributed by atoms with Gasteiger partial charge in [-0.1, -0.05) is 43.0 Å². The van der Waals surface area contributed by atoms with Crippen LogP contribution in [0.15, 0.2) is 65.2 Å². The molecule has 158 valence electrons. The SMILES string of the molecule is C=C(N=C/C(=C\C)c1ccc(CCCO)cc1)c1cc(C(C)=O)c2c(n1)CC=CN=C2. The molecule has 3 rings (SSSR count). The number of rotatable bonds is 8. The van der Waals surface area contributed by atoms with Crippen molar-refractivity contribution in [2.75, 3.05) is 6.61 Å². The van der Waals surface area contributed by atoms with E-state index in [-0.39, 0.29) is 12.4 Å². The first-order valence-electron chi connectivity index (χ1n) is 10.4. The predicted octanol–water partition coefficient (Wildman–Crippen LogP) is 4.84. The van der Waals surface area contributed by atoms with Gasteiger partial charge >= 0.3 is 0 Å². The van der Waals surface area contributed by atoms with Crippen molar-refractivity contribution in [2.24, 2.45) is 9.98 Å². The zero-order valence-corrected chi connectivity index (χ0v) is 18.0. The van der Waals surface area contributed by atoms with Crippen LogP contribution in [0.1, 0.15) is 58.7 Å². The number of aliphatic imine (C=N–C) groups is 2. The number of aliphatic hydroxyl groups excluding tert-OH is 1. The molecule has 0 radical (unpaired) electrons. The number of fused-ring (bicyclic) bond motifs is 1. The van der Waals surface area contributed by atoms with E-state index in [2.05, 4.69) is 45.8 Å². The molecule has 0 fully saturated rings. The number of hydrogen-bond acceptors (Lipinski definition) is 5. The molecule has 0 unspecified atom stereocenters. The van der Waals surface area contributed by atoms with Gasteiger partial charge in [-0.3, -0.25) is 19.8 Å². The molecule has 5 nitrogen and oxygen atoms in total. The van der Waals surface area contributed by atoms with Gasteiger partial charge in [0.05, 0.1) is 17.1 Å². The van der Waals surface area contributed by atoms with Crippen molar-refractivity contribution in [3.05, 3.63) is 88.9 Å². The van der Waals surface area contributed by atoms with Gasteiger partial charge in [-0.05, 0) is 49.5 Å². The summed E-state index contributed by atoms with van der Waals surface area (Å²) in [7, 11) is 0. The van der Waals surface area contributed by atoms with Crippen LogP contribution < -0.4 is 0 Å². The molecule has 1 N–H and O–H groups in total. The largest absolute Gasteiger partial charge is 0.396 e. The van der Waals surface area contributed by atoms with Crippen LogP contribution in [0.5, 0.6) is 0 Å². The number of aromatic nitrogens is 1. The predicted molar refractivity (Wildman–Crippen MR) is 128 cm³/mol. The maximum atomic E-state index is 12.2. The van der Waals surface area contributed by atoms with Gasteiger partial charge in [-0.25, -0.2) is 0 Å². The molecule has 5 heteroatoms. The Hall–Kier alpha value is -3.44. The minimum atomic E-state index is -0.0412. The van der Waals surface area contributed by atoms with Crippen LogP contribution in [0.3, 0.4) is 0 Å². The highest BCUT2D eigenvalue weighted by atomic mass is 16.2. The van der Waals surface area contributed by atoms with Crippen molar-refractivity contribution in [2.45, 2.75) is 33.1 Å². The fraction of sp³-hybridized carbons (Fsp3) is 0.231. The fourth-order valence-electron chi connectivity index (χ4n) is 3.37. The van der Waals surface area contributed by atoms with Crippen LogP contribution in [-0.2, 0) is 12.8 Å². The van der Waals surface area contributed by atoms with E-state index in [1.54, 1.807) is 31.6 Å². The van der Waals surface area contributed by atoms with E-state index in [9.17, 15) is 4.79 Å². The Balaban J connectivity index is 1.84. The molecular formula is C26H27N3O2. The lowest BCUT2D eigenvalue weighted by molar-refractivity contribution is 0.101. The number of ketones is 1. The highest BCUT2D eigenvalue weighted by Gasteiger charge is 2.16.